The summed E-state index contributed by atoms with van der Waals surface area (Å²) in [7, 11) is 0. The molecule has 0 fully saturated rings. The van der Waals surface area contributed by atoms with Crippen LogP contribution in [0.5, 0.6) is 0 Å². The van der Waals surface area contributed by atoms with Crippen molar-refractivity contribution in [3.8, 4) is 0 Å². The maximum Gasteiger partial charge on any atom is 0.100 e. The highest BCUT2D eigenvalue weighted by atomic mass is 35.5. The molecule has 0 spiro atoms. The van der Waals surface area contributed by atoms with Gasteiger partial charge in [0.05, 0.1) is 5.38 Å². The van der Waals surface area contributed by atoms with Gasteiger partial charge in [0.15, 0.2) is 0 Å². The summed E-state index contributed by atoms with van der Waals surface area (Å²) < 4.78 is 0. The van der Waals surface area contributed by atoms with Crippen LogP contribution in [-0.2, 0) is 0 Å². The van der Waals surface area contributed by atoms with E-state index in [1.54, 1.807) is 25.2 Å². The van der Waals surface area contributed by atoms with Gasteiger partial charge in [-0.05, 0) is 19.1 Å². The Hall–Kier alpha value is 0.0200. The molecule has 3 heteroatoms. The number of hydrogen-bond donors (Lipinski definition) is 1. The number of halogens is 2. The van der Waals surface area contributed by atoms with Gasteiger partial charge in [-0.15, -0.1) is 11.6 Å². The zero-order chi connectivity index (χ0) is 7.78. The van der Waals surface area contributed by atoms with Crippen LogP contribution in [0.15, 0.2) is 23.3 Å². The van der Waals surface area contributed by atoms with Gasteiger partial charge >= 0.3 is 0 Å². The van der Waals surface area contributed by atoms with E-state index >= 15 is 0 Å². The Morgan fingerprint density at radius 3 is 2.70 bits per heavy atom. The summed E-state index contributed by atoms with van der Waals surface area (Å²) in [6, 6.07) is 0. The minimum absolute atomic E-state index is 0.426. The molecule has 0 aromatic heterocycles. The number of aliphatic hydroxyl groups is 1. The quantitative estimate of drug-likeness (QED) is 0.564. The molecule has 1 aliphatic rings. The van der Waals surface area contributed by atoms with Crippen molar-refractivity contribution in [2.75, 3.05) is 0 Å². The van der Waals surface area contributed by atoms with Crippen molar-refractivity contribution in [1.29, 1.82) is 0 Å². The maximum absolute atomic E-state index is 9.44. The predicted molar refractivity (Wildman–Crippen MR) is 43.3 cm³/mol. The molecule has 1 rings (SSSR count). The van der Waals surface area contributed by atoms with E-state index in [0.717, 1.165) is 0 Å². The fourth-order valence-corrected chi connectivity index (χ4v) is 1.17. The minimum Gasteiger partial charge on any atom is -0.384 e. The Balaban J connectivity index is 2.84. The molecule has 1 nitrogen and oxygen atoms in total. The van der Waals surface area contributed by atoms with E-state index in [1.165, 1.54) is 0 Å². The zero-order valence-corrected chi connectivity index (χ0v) is 7.02. The SMILES string of the molecule is CC1(O)C=CC(Cl)=CC1Cl. The van der Waals surface area contributed by atoms with E-state index in [0.29, 0.717) is 5.03 Å². The average molecular weight is 179 g/mol. The second-order valence-electron chi connectivity index (χ2n) is 2.51. The van der Waals surface area contributed by atoms with Crippen LogP contribution in [-0.4, -0.2) is 16.1 Å². The molecule has 56 valence electrons. The molecule has 10 heavy (non-hydrogen) atoms. The van der Waals surface area contributed by atoms with Gasteiger partial charge in [0.1, 0.15) is 5.60 Å². The van der Waals surface area contributed by atoms with Crippen molar-refractivity contribution in [3.05, 3.63) is 23.3 Å². The summed E-state index contributed by atoms with van der Waals surface area (Å²) in [4.78, 5) is 0. The first-order valence-electron chi connectivity index (χ1n) is 2.95. The highest BCUT2D eigenvalue weighted by molar-refractivity contribution is 6.32. The van der Waals surface area contributed by atoms with Gasteiger partial charge in [-0.2, -0.15) is 0 Å². The van der Waals surface area contributed by atoms with Gasteiger partial charge in [-0.3, -0.25) is 0 Å². The van der Waals surface area contributed by atoms with Gasteiger partial charge in [0.2, 0.25) is 0 Å². The third-order valence-electron chi connectivity index (χ3n) is 1.44. The first-order valence-corrected chi connectivity index (χ1v) is 3.77. The molecular weight excluding hydrogens is 171 g/mol. The molecule has 1 aliphatic carbocycles. The molecular formula is C7H8Cl2O. The van der Waals surface area contributed by atoms with Crippen molar-refractivity contribution in [3.63, 3.8) is 0 Å². The Morgan fingerprint density at radius 1 is 1.70 bits per heavy atom. The lowest BCUT2D eigenvalue weighted by atomic mass is 9.97. The third-order valence-corrected chi connectivity index (χ3v) is 2.26. The van der Waals surface area contributed by atoms with Crippen molar-refractivity contribution in [1.82, 2.24) is 0 Å². The van der Waals surface area contributed by atoms with Crippen molar-refractivity contribution in [2.24, 2.45) is 0 Å². The summed E-state index contributed by atoms with van der Waals surface area (Å²) in [5.74, 6) is 0. The van der Waals surface area contributed by atoms with Crippen molar-refractivity contribution < 1.29 is 5.11 Å². The van der Waals surface area contributed by atoms with Crippen molar-refractivity contribution >= 4 is 23.2 Å². The lowest BCUT2D eigenvalue weighted by molar-refractivity contribution is 0.117. The van der Waals surface area contributed by atoms with Crippen LogP contribution in [0, 0.1) is 0 Å². The zero-order valence-electron chi connectivity index (χ0n) is 5.51. The Bertz CT molecular complexity index is 194. The van der Waals surface area contributed by atoms with Crippen LogP contribution >= 0.6 is 23.2 Å². The highest BCUT2D eigenvalue weighted by Crippen LogP contribution is 2.26. The Kier molecular flexibility index (Phi) is 2.09. The smallest absolute Gasteiger partial charge is 0.100 e. The topological polar surface area (TPSA) is 20.2 Å². The van der Waals surface area contributed by atoms with E-state index < -0.39 is 11.0 Å². The van der Waals surface area contributed by atoms with Gasteiger partial charge in [-0.1, -0.05) is 17.7 Å². The largest absolute Gasteiger partial charge is 0.384 e. The fraction of sp³-hybridized carbons (Fsp3) is 0.429. The van der Waals surface area contributed by atoms with E-state index in [9.17, 15) is 5.11 Å². The molecule has 0 saturated carbocycles. The lowest BCUT2D eigenvalue weighted by Gasteiger charge is -2.25. The molecule has 0 heterocycles. The van der Waals surface area contributed by atoms with Crippen LogP contribution < -0.4 is 0 Å². The molecule has 0 saturated heterocycles. The van der Waals surface area contributed by atoms with Gasteiger partial charge < -0.3 is 5.11 Å². The number of rotatable bonds is 0. The molecule has 0 radical (unpaired) electrons. The van der Waals surface area contributed by atoms with Gasteiger partial charge in [0, 0.05) is 5.03 Å². The standard InChI is InChI=1S/C7H8Cl2O/c1-7(10)3-2-5(8)4-6(7)9/h2-4,6,10H,1H3. The molecule has 0 bridgehead atoms. The van der Waals surface area contributed by atoms with Crippen molar-refractivity contribution in [2.45, 2.75) is 17.9 Å². The summed E-state index contributed by atoms with van der Waals surface area (Å²) in [6.07, 6.45) is 4.84. The van der Waals surface area contributed by atoms with Crippen LogP contribution in [0.25, 0.3) is 0 Å². The number of hydrogen-bond acceptors (Lipinski definition) is 1. The normalized spacial score (nSPS) is 39.6. The van der Waals surface area contributed by atoms with E-state index in [-0.39, 0.29) is 0 Å². The monoisotopic (exact) mass is 178 g/mol. The Labute approximate surface area is 69.9 Å². The Morgan fingerprint density at radius 2 is 2.30 bits per heavy atom. The van der Waals surface area contributed by atoms with Crippen LogP contribution in [0.1, 0.15) is 6.92 Å². The third kappa shape index (κ3) is 1.54. The van der Waals surface area contributed by atoms with Crippen LogP contribution in [0.2, 0.25) is 0 Å². The highest BCUT2D eigenvalue weighted by Gasteiger charge is 2.28. The molecule has 0 aliphatic heterocycles. The first kappa shape index (κ1) is 8.12. The summed E-state index contributed by atoms with van der Waals surface area (Å²) in [5.41, 5.74) is -0.958. The molecule has 0 aromatic carbocycles. The van der Waals surface area contributed by atoms with Crippen LogP contribution in [0.3, 0.4) is 0 Å². The minimum atomic E-state index is -0.958. The number of allylic oxidation sites excluding steroid dienone is 2. The molecule has 0 aromatic rings. The maximum atomic E-state index is 9.44. The van der Waals surface area contributed by atoms with Crippen LogP contribution in [0.4, 0.5) is 0 Å². The van der Waals surface area contributed by atoms with E-state index in [1.807, 2.05) is 0 Å². The summed E-state index contributed by atoms with van der Waals surface area (Å²) >= 11 is 11.4. The predicted octanol–water partition coefficient (Wildman–Crippen LogP) is 2.04. The average Bonchev–Trinajstić information content (AvgIpc) is 1.81. The number of alkyl halides is 1. The molecule has 1 N–H and O–H groups in total. The fourth-order valence-electron chi connectivity index (χ4n) is 0.704. The summed E-state index contributed by atoms with van der Waals surface area (Å²) in [6.45, 7) is 1.64. The first-order chi connectivity index (χ1) is 4.52. The lowest BCUT2D eigenvalue weighted by Crippen LogP contribution is -2.33. The molecule has 0 amide bonds. The van der Waals surface area contributed by atoms with Gasteiger partial charge in [0.25, 0.3) is 0 Å². The molecule has 2 atom stereocenters. The van der Waals surface area contributed by atoms with Gasteiger partial charge in [-0.25, -0.2) is 0 Å². The molecule has 2 unspecified atom stereocenters. The van der Waals surface area contributed by atoms with E-state index in [4.69, 9.17) is 23.2 Å². The second-order valence-corrected chi connectivity index (χ2v) is 3.42. The van der Waals surface area contributed by atoms with E-state index in [2.05, 4.69) is 0 Å². The second kappa shape index (κ2) is 2.57. The summed E-state index contributed by atoms with van der Waals surface area (Å²) in [5, 5.41) is 9.59.